The first-order valence-corrected chi connectivity index (χ1v) is 6.35. The van der Waals surface area contributed by atoms with E-state index in [-0.39, 0.29) is 6.04 Å². The number of benzene rings is 1. The molecule has 0 amide bonds. The lowest BCUT2D eigenvalue weighted by molar-refractivity contribution is 0.392. The molecule has 1 heterocycles. The van der Waals surface area contributed by atoms with Crippen LogP contribution in [0.5, 0.6) is 11.5 Å². The van der Waals surface area contributed by atoms with Gasteiger partial charge in [-0.05, 0) is 18.2 Å². The highest BCUT2D eigenvalue weighted by Crippen LogP contribution is 2.35. The molecule has 0 aliphatic rings. The first kappa shape index (κ1) is 14.6. The average molecular weight is 297 g/mol. The molecular weight excluding hydrogens is 280 g/mol. The predicted octanol–water partition coefficient (Wildman–Crippen LogP) is 1.64. The fourth-order valence-electron chi connectivity index (χ4n) is 2.13. The summed E-state index contributed by atoms with van der Waals surface area (Å²) >= 11 is 6.19. The minimum atomic E-state index is -0.361. The van der Waals surface area contributed by atoms with Gasteiger partial charge >= 0.3 is 0 Å². The number of nitrogens with one attached hydrogen (secondary N) is 1. The van der Waals surface area contributed by atoms with E-state index in [1.807, 2.05) is 18.2 Å². The molecule has 7 heteroatoms. The number of hydrazine groups is 1. The van der Waals surface area contributed by atoms with Crippen LogP contribution in [-0.4, -0.2) is 24.0 Å². The Labute approximate surface area is 122 Å². The fraction of sp³-hybridized carbons (Fsp3) is 0.308. The lowest BCUT2D eigenvalue weighted by Crippen LogP contribution is -2.31. The van der Waals surface area contributed by atoms with E-state index >= 15 is 0 Å². The smallest absolute Gasteiger partial charge is 0.124 e. The second-order valence-electron chi connectivity index (χ2n) is 4.21. The molecule has 1 aromatic carbocycles. The highest BCUT2D eigenvalue weighted by Gasteiger charge is 2.23. The van der Waals surface area contributed by atoms with E-state index in [1.165, 1.54) is 0 Å². The van der Waals surface area contributed by atoms with Crippen LogP contribution in [0.15, 0.2) is 24.4 Å². The summed E-state index contributed by atoms with van der Waals surface area (Å²) in [6.07, 6.45) is 1.58. The van der Waals surface area contributed by atoms with Gasteiger partial charge in [-0.3, -0.25) is 10.5 Å². The molecule has 3 N–H and O–H groups in total. The number of aromatic nitrogens is 2. The summed E-state index contributed by atoms with van der Waals surface area (Å²) < 4.78 is 12.3. The summed E-state index contributed by atoms with van der Waals surface area (Å²) in [6, 6.07) is 5.14. The van der Waals surface area contributed by atoms with Crippen LogP contribution in [0.1, 0.15) is 17.3 Å². The van der Waals surface area contributed by atoms with Crippen molar-refractivity contribution in [1.29, 1.82) is 0 Å². The van der Waals surface area contributed by atoms with Crippen LogP contribution < -0.4 is 20.7 Å². The van der Waals surface area contributed by atoms with Gasteiger partial charge in [0.1, 0.15) is 11.5 Å². The van der Waals surface area contributed by atoms with Crippen molar-refractivity contribution in [3.8, 4) is 11.5 Å². The van der Waals surface area contributed by atoms with Crippen LogP contribution in [0.25, 0.3) is 0 Å². The van der Waals surface area contributed by atoms with Gasteiger partial charge in [-0.1, -0.05) is 11.6 Å². The molecule has 0 aliphatic heterocycles. The van der Waals surface area contributed by atoms with Crippen LogP contribution >= 0.6 is 11.6 Å². The standard InChI is InChI=1S/C13H17ClN4O2/c1-18-13(10(14)7-16-18)12(17-15)9-6-8(19-2)4-5-11(9)20-3/h4-7,12,17H,15H2,1-3H3. The highest BCUT2D eigenvalue weighted by atomic mass is 35.5. The Balaban J connectivity index is 2.56. The van der Waals surface area contributed by atoms with Crippen LogP contribution in [0.2, 0.25) is 5.02 Å². The summed E-state index contributed by atoms with van der Waals surface area (Å²) in [7, 11) is 5.01. The zero-order valence-corrected chi connectivity index (χ0v) is 12.3. The third-order valence-corrected chi connectivity index (χ3v) is 3.42. The topological polar surface area (TPSA) is 74.3 Å². The monoisotopic (exact) mass is 296 g/mol. The average Bonchev–Trinajstić information content (AvgIpc) is 2.80. The van der Waals surface area contributed by atoms with Crippen LogP contribution in [-0.2, 0) is 7.05 Å². The Kier molecular flexibility index (Phi) is 4.49. The molecule has 108 valence electrons. The van der Waals surface area contributed by atoms with E-state index in [1.54, 1.807) is 32.1 Å². The predicted molar refractivity (Wildman–Crippen MR) is 76.9 cm³/mol. The first-order chi connectivity index (χ1) is 9.62. The number of hydrogen-bond donors (Lipinski definition) is 2. The van der Waals surface area contributed by atoms with E-state index in [2.05, 4.69) is 10.5 Å². The molecule has 1 atom stereocenters. The molecule has 0 saturated carbocycles. The van der Waals surface area contributed by atoms with E-state index in [0.717, 1.165) is 11.3 Å². The number of rotatable bonds is 5. The number of halogens is 1. The SMILES string of the molecule is COc1ccc(OC)c(C(NN)c2c(Cl)cnn2C)c1. The van der Waals surface area contributed by atoms with E-state index in [9.17, 15) is 0 Å². The zero-order chi connectivity index (χ0) is 14.7. The van der Waals surface area contributed by atoms with E-state index < -0.39 is 0 Å². The Hall–Kier alpha value is -1.76. The fourth-order valence-corrected chi connectivity index (χ4v) is 2.40. The van der Waals surface area contributed by atoms with Gasteiger partial charge in [0.15, 0.2) is 0 Å². The van der Waals surface area contributed by atoms with Gasteiger partial charge in [0.25, 0.3) is 0 Å². The molecule has 0 radical (unpaired) electrons. The Morgan fingerprint density at radius 2 is 2.10 bits per heavy atom. The molecular formula is C13H17ClN4O2. The largest absolute Gasteiger partial charge is 0.497 e. The maximum atomic E-state index is 6.19. The molecule has 20 heavy (non-hydrogen) atoms. The normalized spacial score (nSPS) is 12.2. The quantitative estimate of drug-likeness (QED) is 0.648. The molecule has 2 aromatic rings. The first-order valence-electron chi connectivity index (χ1n) is 5.97. The lowest BCUT2D eigenvalue weighted by atomic mass is 10.0. The van der Waals surface area contributed by atoms with Crippen LogP contribution in [0, 0.1) is 0 Å². The van der Waals surface area contributed by atoms with Crippen LogP contribution in [0.4, 0.5) is 0 Å². The van der Waals surface area contributed by atoms with Crippen LogP contribution in [0.3, 0.4) is 0 Å². The van der Waals surface area contributed by atoms with Gasteiger partial charge in [-0.2, -0.15) is 5.10 Å². The number of nitrogens with two attached hydrogens (primary N) is 1. The van der Waals surface area contributed by atoms with E-state index in [0.29, 0.717) is 16.5 Å². The number of hydrogen-bond acceptors (Lipinski definition) is 5. The Bertz CT molecular complexity index is 581. The summed E-state index contributed by atoms with van der Waals surface area (Å²) in [4.78, 5) is 0. The minimum absolute atomic E-state index is 0.361. The summed E-state index contributed by atoms with van der Waals surface area (Å²) in [5, 5.41) is 4.65. The molecule has 2 rings (SSSR count). The second kappa shape index (κ2) is 6.13. The number of aryl methyl sites for hydroxylation is 1. The summed E-state index contributed by atoms with van der Waals surface area (Å²) in [6.45, 7) is 0. The van der Waals surface area contributed by atoms with Crippen molar-refractivity contribution >= 4 is 11.6 Å². The number of methoxy groups -OCH3 is 2. The molecule has 1 aromatic heterocycles. The Morgan fingerprint density at radius 1 is 1.35 bits per heavy atom. The molecule has 0 saturated heterocycles. The second-order valence-corrected chi connectivity index (χ2v) is 4.62. The molecule has 0 fully saturated rings. The van der Waals surface area contributed by atoms with Crippen molar-refractivity contribution in [3.05, 3.63) is 40.7 Å². The molecule has 0 spiro atoms. The van der Waals surface area contributed by atoms with Crippen molar-refractivity contribution in [2.45, 2.75) is 6.04 Å². The molecule has 0 bridgehead atoms. The third kappa shape index (κ3) is 2.58. The van der Waals surface area contributed by atoms with E-state index in [4.69, 9.17) is 26.9 Å². The number of ether oxygens (including phenoxy) is 2. The molecule has 0 aliphatic carbocycles. The van der Waals surface area contributed by atoms with Crippen molar-refractivity contribution < 1.29 is 9.47 Å². The van der Waals surface area contributed by atoms with Gasteiger partial charge in [-0.15, -0.1) is 0 Å². The zero-order valence-electron chi connectivity index (χ0n) is 11.6. The van der Waals surface area contributed by atoms with Gasteiger partial charge in [0, 0.05) is 12.6 Å². The van der Waals surface area contributed by atoms with Gasteiger partial charge in [-0.25, -0.2) is 5.43 Å². The lowest BCUT2D eigenvalue weighted by Gasteiger charge is -2.20. The van der Waals surface area contributed by atoms with Crippen molar-refractivity contribution in [3.63, 3.8) is 0 Å². The van der Waals surface area contributed by atoms with Gasteiger partial charge in [0.05, 0.1) is 37.2 Å². The molecule has 1 unspecified atom stereocenters. The van der Waals surface area contributed by atoms with Gasteiger partial charge < -0.3 is 9.47 Å². The number of nitrogens with zero attached hydrogens (tertiary/aromatic N) is 2. The van der Waals surface area contributed by atoms with Crippen molar-refractivity contribution in [2.24, 2.45) is 12.9 Å². The minimum Gasteiger partial charge on any atom is -0.497 e. The van der Waals surface area contributed by atoms with Gasteiger partial charge in [0.2, 0.25) is 0 Å². The molecule has 6 nitrogen and oxygen atoms in total. The van der Waals surface area contributed by atoms with Crippen molar-refractivity contribution in [1.82, 2.24) is 15.2 Å². The van der Waals surface area contributed by atoms with Crippen molar-refractivity contribution in [2.75, 3.05) is 14.2 Å². The third-order valence-electron chi connectivity index (χ3n) is 3.13. The maximum absolute atomic E-state index is 6.19. The maximum Gasteiger partial charge on any atom is 0.124 e. The summed E-state index contributed by atoms with van der Waals surface area (Å²) in [5.74, 6) is 7.10. The summed E-state index contributed by atoms with van der Waals surface area (Å²) in [5.41, 5.74) is 4.32. The highest BCUT2D eigenvalue weighted by molar-refractivity contribution is 6.31. The Morgan fingerprint density at radius 3 is 2.60 bits per heavy atom.